The number of aliphatic carboxylic acids is 3. The van der Waals surface area contributed by atoms with Crippen molar-refractivity contribution >= 4 is 17.9 Å². The van der Waals surface area contributed by atoms with E-state index >= 15 is 0 Å². The molecular formula is C6H5EsO7-3. The average molecular weight is 441 g/mol. The topological polar surface area (TPSA) is 141 Å². The van der Waals surface area contributed by atoms with Crippen molar-refractivity contribution in [1.29, 1.82) is 0 Å². The molecule has 0 aromatic carbocycles. The molecule has 0 unspecified atom stereocenters. The maximum atomic E-state index is 10.1. The SMILES string of the molecule is O=C([O-])CC(O)(CC(=O)[O-])C(=O)[O-].[Es]. The summed E-state index contributed by atoms with van der Waals surface area (Å²) in [6.07, 6.45) is -2.72. The van der Waals surface area contributed by atoms with Crippen molar-refractivity contribution in [2.24, 2.45) is 0 Å². The number of aliphatic hydroxyl groups is 1. The van der Waals surface area contributed by atoms with Gasteiger partial charge in [-0.3, -0.25) is 0 Å². The second-order valence-electron chi connectivity index (χ2n) is 2.42. The Hall–Kier alpha value is -2.63. The van der Waals surface area contributed by atoms with Crippen LogP contribution in [0.15, 0.2) is 0 Å². The molecule has 0 fully saturated rings. The quantitative estimate of drug-likeness (QED) is 0.450. The van der Waals surface area contributed by atoms with Crippen LogP contribution in [0.3, 0.4) is 0 Å². The fraction of sp³-hybridized carbons (Fsp3) is 0.500. The Morgan fingerprint density at radius 1 is 1.00 bits per heavy atom. The minimum atomic E-state index is -2.97. The molecule has 1 N–H and O–H groups in total. The molecule has 7 nitrogen and oxygen atoms in total. The number of carbonyl (C=O) groups excluding carboxylic acids is 3. The minimum Gasteiger partial charge on any atom is -0.550 e. The smallest absolute Gasteiger partial charge is 0.114 e. The van der Waals surface area contributed by atoms with E-state index in [4.69, 9.17) is 5.11 Å². The van der Waals surface area contributed by atoms with Gasteiger partial charge in [0.1, 0.15) is 5.60 Å². The van der Waals surface area contributed by atoms with Crippen LogP contribution in [0.2, 0.25) is 0 Å². The van der Waals surface area contributed by atoms with Crippen LogP contribution in [-0.2, 0) is 14.4 Å². The van der Waals surface area contributed by atoms with Crippen LogP contribution in [0, 0.1) is 0 Å². The number of hydrogen-bond acceptors (Lipinski definition) is 7. The molecule has 0 heterocycles. The number of carbonyl (C=O) groups is 3. The Balaban J connectivity index is 0. The summed E-state index contributed by atoms with van der Waals surface area (Å²) in [6.45, 7) is 0. The fourth-order valence-corrected chi connectivity index (χ4v) is 0.684. The van der Waals surface area contributed by atoms with Crippen LogP contribution < -0.4 is 15.3 Å². The van der Waals surface area contributed by atoms with E-state index in [0.29, 0.717) is 0 Å². The van der Waals surface area contributed by atoms with Gasteiger partial charge >= 0.3 is 0 Å². The van der Waals surface area contributed by atoms with Gasteiger partial charge in [0.05, 0.1) is 5.97 Å². The summed E-state index contributed by atoms with van der Waals surface area (Å²) >= 11 is 0. The van der Waals surface area contributed by atoms with Crippen LogP contribution in [-0.4, -0.2) is 28.6 Å². The Morgan fingerprint density at radius 2 is 1.29 bits per heavy atom. The normalized spacial score (nSPS) is 10.1. The molecule has 85 valence electrons. The van der Waals surface area contributed by atoms with Crippen LogP contribution in [0.4, 0.5) is 0 Å². The van der Waals surface area contributed by atoms with Crippen LogP contribution in [0.25, 0.3) is 0 Å². The number of hydrogen-bond donors (Lipinski definition) is 1. The van der Waals surface area contributed by atoms with Gasteiger partial charge in [-0.1, -0.05) is 0 Å². The van der Waals surface area contributed by atoms with Gasteiger partial charge in [-0.05, 0) is 0 Å². The Labute approximate surface area is 72.2 Å². The molecule has 0 aromatic heterocycles. The third kappa shape index (κ3) is 3.67. The molecule has 0 spiro atoms. The van der Waals surface area contributed by atoms with E-state index in [1.54, 1.807) is 0 Å². The van der Waals surface area contributed by atoms with Gasteiger partial charge in [0.25, 0.3) is 0 Å². The van der Waals surface area contributed by atoms with Gasteiger partial charge < -0.3 is 34.8 Å². The maximum Gasteiger partial charge on any atom is 0.114 e. The zero-order valence-electron chi connectivity index (χ0n) is 6.61. The molecule has 1 radical (unpaired) electrons. The van der Waals surface area contributed by atoms with E-state index in [-0.39, 0.29) is 0 Å². The molecule has 0 atom stereocenters. The van der Waals surface area contributed by atoms with Crippen LogP contribution in [0.5, 0.6) is 0 Å². The molecule has 0 rings (SSSR count). The Bertz CT molecular complexity index is 233. The standard InChI is InChI=1S/C6H8O7.Es/c7-3(8)1-6(13,5(11)12)2-4(9)10;/h13H,1-2H2,(H,7,8)(H,9,10)(H,11,12);/p-3. The predicted octanol–water partition coefficient (Wildman–Crippen LogP) is -5.25. The number of carboxylic acids is 3. The first-order valence-corrected chi connectivity index (χ1v) is 3.11. The van der Waals surface area contributed by atoms with Gasteiger partial charge in [-0.15, -0.1) is 0 Å². The summed E-state index contributed by atoms with van der Waals surface area (Å²) in [7, 11) is 0. The summed E-state index contributed by atoms with van der Waals surface area (Å²) in [4.78, 5) is 30.0. The summed E-state index contributed by atoms with van der Waals surface area (Å²) < 4.78 is 0. The van der Waals surface area contributed by atoms with Crippen molar-refractivity contribution < 1.29 is 34.8 Å². The van der Waals surface area contributed by atoms with Gasteiger partial charge in [0.15, 0.2) is 0 Å². The molecule has 0 aliphatic heterocycles. The molecule has 0 aliphatic carbocycles. The summed E-state index contributed by atoms with van der Waals surface area (Å²) in [5.41, 5.74) is -2.97. The molecule has 0 aromatic rings. The minimum absolute atomic E-state index is 0. The first kappa shape index (κ1) is 13.9. The molecule has 0 saturated heterocycles. The average Bonchev–Trinajstić information content (AvgIpc) is 1.82. The molecule has 0 amide bonds. The van der Waals surface area contributed by atoms with Crippen LogP contribution >= 0.6 is 0 Å². The third-order valence-electron chi connectivity index (χ3n) is 1.25. The van der Waals surface area contributed by atoms with Crippen molar-refractivity contribution in [3.05, 3.63) is 0 Å². The van der Waals surface area contributed by atoms with E-state index in [2.05, 4.69) is 0 Å². The van der Waals surface area contributed by atoms with Crippen molar-refractivity contribution in [2.75, 3.05) is 0 Å². The Kier molecular flexibility index (Phi) is 4.39. The maximum absolute atomic E-state index is 10.1. The van der Waals surface area contributed by atoms with Crippen LogP contribution in [0.1, 0.15) is 12.8 Å². The molecular weight excluding hydrogens is 436 g/mol. The summed E-state index contributed by atoms with van der Waals surface area (Å²) in [5, 5.41) is 38.9. The monoisotopic (exact) mass is 441 g/mol. The first-order chi connectivity index (χ1) is 5.78. The number of carboxylic acid groups (broad SMARTS) is 3. The second-order valence-corrected chi connectivity index (χ2v) is 2.42. The van der Waals surface area contributed by atoms with Crippen molar-refractivity contribution in [2.45, 2.75) is 18.4 Å². The second kappa shape index (κ2) is 4.41. The summed E-state index contributed by atoms with van der Waals surface area (Å²) in [5.74, 6) is -5.98. The van der Waals surface area contributed by atoms with E-state index in [1.165, 1.54) is 0 Å². The van der Waals surface area contributed by atoms with Gasteiger partial charge in [0.2, 0.25) is 0 Å². The van der Waals surface area contributed by atoms with E-state index in [1.807, 2.05) is 0 Å². The molecule has 14 heavy (non-hydrogen) atoms. The number of rotatable bonds is 5. The first-order valence-electron chi connectivity index (χ1n) is 3.11. The van der Waals surface area contributed by atoms with E-state index < -0.39 is 36.4 Å². The van der Waals surface area contributed by atoms with E-state index in [0.717, 1.165) is 0 Å². The van der Waals surface area contributed by atoms with Gasteiger partial charge in [-0.25, -0.2) is 0 Å². The zero-order chi connectivity index (χ0) is 10.6. The molecule has 0 bridgehead atoms. The van der Waals surface area contributed by atoms with Crippen molar-refractivity contribution in [3.63, 3.8) is 0 Å². The summed E-state index contributed by atoms with van der Waals surface area (Å²) in [6, 6.07) is 0. The largest absolute Gasteiger partial charge is 0.550 e. The molecule has 0 saturated carbocycles. The van der Waals surface area contributed by atoms with Gasteiger partial charge in [-0.2, -0.15) is 0 Å². The molecule has 8 heteroatoms. The zero-order valence-corrected chi connectivity index (χ0v) is 9.12. The molecule has 0 aliphatic rings. The van der Waals surface area contributed by atoms with Gasteiger partial charge in [0, 0.05) is 24.8 Å². The Morgan fingerprint density at radius 3 is 1.43 bits per heavy atom. The third-order valence-corrected chi connectivity index (χ3v) is 1.25. The fourth-order valence-electron chi connectivity index (χ4n) is 0.684. The van der Waals surface area contributed by atoms with Crippen molar-refractivity contribution in [3.8, 4) is 0 Å². The van der Waals surface area contributed by atoms with Crippen molar-refractivity contribution in [1.82, 2.24) is 0 Å². The van der Waals surface area contributed by atoms with E-state index in [9.17, 15) is 29.7 Å². The predicted molar refractivity (Wildman–Crippen MR) is 29.2 cm³/mol.